The summed E-state index contributed by atoms with van der Waals surface area (Å²) >= 11 is 0. The van der Waals surface area contributed by atoms with Crippen molar-refractivity contribution >= 4 is 9.84 Å². The zero-order valence-corrected chi connectivity index (χ0v) is 7.11. The Balaban J connectivity index is 4.19. The third-order valence-corrected chi connectivity index (χ3v) is 2.12. The van der Waals surface area contributed by atoms with Crippen LogP contribution in [0, 0.1) is 0 Å². The summed E-state index contributed by atoms with van der Waals surface area (Å²) in [6.07, 6.45) is 1.66. The molecule has 0 spiro atoms. The first-order valence-electron chi connectivity index (χ1n) is 2.96. The van der Waals surface area contributed by atoms with Crippen LogP contribution < -0.4 is 0 Å². The van der Waals surface area contributed by atoms with Gasteiger partial charge in [0.25, 0.3) is 0 Å². The Morgan fingerprint density at radius 2 is 2.00 bits per heavy atom. The van der Waals surface area contributed by atoms with Gasteiger partial charge in [0.1, 0.15) is 0 Å². The molecule has 0 amide bonds. The normalized spacial score (nSPS) is 10.6. The topological polar surface area (TPSA) is 34.1 Å². The quantitative estimate of drug-likeness (QED) is 0.586. The molecule has 0 saturated heterocycles. The lowest BCUT2D eigenvalue weighted by molar-refractivity contribution is 0.607. The van der Waals surface area contributed by atoms with Gasteiger partial charge in [-0.3, -0.25) is 0 Å². The minimum absolute atomic E-state index is 0.0683. The van der Waals surface area contributed by atoms with Crippen LogP contribution in [0.25, 0.3) is 0 Å². The molecule has 58 valence electrons. The molecule has 0 atom stereocenters. The third kappa shape index (κ3) is 4.32. The minimum atomic E-state index is -3.03. The summed E-state index contributed by atoms with van der Waals surface area (Å²) in [6, 6.07) is 0. The van der Waals surface area contributed by atoms with Crippen LogP contribution in [0.3, 0.4) is 0 Å². The highest BCUT2D eigenvalue weighted by molar-refractivity contribution is 7.94. The van der Waals surface area contributed by atoms with Crippen LogP contribution in [0.1, 0.15) is 13.8 Å². The van der Waals surface area contributed by atoms with E-state index in [0.29, 0.717) is 0 Å². The highest BCUT2D eigenvalue weighted by atomic mass is 32.2. The van der Waals surface area contributed by atoms with Gasteiger partial charge < -0.3 is 0 Å². The SMILES string of the molecule is C=CS(=O)(=O)CC=C(C)C. The van der Waals surface area contributed by atoms with Gasteiger partial charge in [0.2, 0.25) is 0 Å². The maximum atomic E-state index is 10.7. The summed E-state index contributed by atoms with van der Waals surface area (Å²) in [7, 11) is -3.03. The molecule has 10 heavy (non-hydrogen) atoms. The van der Waals surface area contributed by atoms with Crippen molar-refractivity contribution in [2.75, 3.05) is 5.75 Å². The van der Waals surface area contributed by atoms with E-state index >= 15 is 0 Å². The van der Waals surface area contributed by atoms with Crippen molar-refractivity contribution in [2.24, 2.45) is 0 Å². The molecule has 0 saturated carbocycles. The van der Waals surface area contributed by atoms with E-state index in [1.165, 1.54) is 0 Å². The molecule has 0 bridgehead atoms. The van der Waals surface area contributed by atoms with Gasteiger partial charge in [-0.05, 0) is 13.8 Å². The Kier molecular flexibility index (Phi) is 3.36. The van der Waals surface area contributed by atoms with Crippen LogP contribution in [-0.4, -0.2) is 14.2 Å². The standard InChI is InChI=1S/C7H12O2S/c1-4-10(8,9)6-5-7(2)3/h4-5H,1,6H2,2-3H3. The zero-order chi connectivity index (χ0) is 8.20. The molecule has 0 aliphatic heterocycles. The van der Waals surface area contributed by atoms with Crippen LogP contribution in [0.15, 0.2) is 23.6 Å². The molecular formula is C7H12O2S. The molecule has 0 N–H and O–H groups in total. The lowest BCUT2D eigenvalue weighted by Crippen LogP contribution is -1.98. The first-order valence-corrected chi connectivity index (χ1v) is 4.68. The van der Waals surface area contributed by atoms with Crippen LogP contribution >= 0.6 is 0 Å². The first-order chi connectivity index (χ1) is 4.48. The predicted molar refractivity (Wildman–Crippen MR) is 43.4 cm³/mol. The van der Waals surface area contributed by atoms with Crippen molar-refractivity contribution in [1.82, 2.24) is 0 Å². The zero-order valence-electron chi connectivity index (χ0n) is 6.29. The van der Waals surface area contributed by atoms with Gasteiger partial charge in [-0.2, -0.15) is 0 Å². The Bertz CT molecular complexity index is 230. The molecule has 0 aromatic rings. The second-order valence-electron chi connectivity index (χ2n) is 2.28. The molecule has 0 radical (unpaired) electrons. The molecule has 2 nitrogen and oxygen atoms in total. The predicted octanol–water partition coefficient (Wildman–Crippen LogP) is 1.51. The lowest BCUT2D eigenvalue weighted by Gasteiger charge is -1.91. The van der Waals surface area contributed by atoms with Crippen molar-refractivity contribution in [3.05, 3.63) is 23.6 Å². The van der Waals surface area contributed by atoms with Crippen LogP contribution in [0.2, 0.25) is 0 Å². The number of hydrogen-bond donors (Lipinski definition) is 0. The molecule has 3 heteroatoms. The fraction of sp³-hybridized carbons (Fsp3) is 0.429. The molecule has 0 rings (SSSR count). The van der Waals surface area contributed by atoms with E-state index in [2.05, 4.69) is 6.58 Å². The van der Waals surface area contributed by atoms with Gasteiger partial charge in [-0.1, -0.05) is 18.2 Å². The molecule has 0 aromatic carbocycles. The molecular weight excluding hydrogens is 148 g/mol. The third-order valence-electron chi connectivity index (χ3n) is 0.978. The van der Waals surface area contributed by atoms with Crippen molar-refractivity contribution in [1.29, 1.82) is 0 Å². The number of sulfone groups is 1. The minimum Gasteiger partial charge on any atom is -0.224 e. The van der Waals surface area contributed by atoms with Crippen LogP contribution in [-0.2, 0) is 9.84 Å². The number of allylic oxidation sites excluding steroid dienone is 1. The number of rotatable bonds is 3. The average molecular weight is 160 g/mol. The second-order valence-corrected chi connectivity index (χ2v) is 4.27. The van der Waals surface area contributed by atoms with E-state index < -0.39 is 9.84 Å². The summed E-state index contributed by atoms with van der Waals surface area (Å²) in [5, 5.41) is 0.979. The van der Waals surface area contributed by atoms with Gasteiger partial charge in [-0.25, -0.2) is 8.42 Å². The molecule has 0 aromatic heterocycles. The average Bonchev–Trinajstić information content (AvgIpc) is 1.85. The Labute approximate surface area is 62.2 Å². The van der Waals surface area contributed by atoms with Crippen molar-refractivity contribution in [3.63, 3.8) is 0 Å². The van der Waals surface area contributed by atoms with Gasteiger partial charge in [-0.15, -0.1) is 0 Å². The molecule has 0 unspecified atom stereocenters. The van der Waals surface area contributed by atoms with E-state index in [-0.39, 0.29) is 5.75 Å². The van der Waals surface area contributed by atoms with E-state index in [4.69, 9.17) is 0 Å². The van der Waals surface area contributed by atoms with Gasteiger partial charge in [0, 0.05) is 5.41 Å². The first kappa shape index (κ1) is 9.43. The van der Waals surface area contributed by atoms with Crippen LogP contribution in [0.5, 0.6) is 0 Å². The van der Waals surface area contributed by atoms with E-state index in [0.717, 1.165) is 11.0 Å². The Morgan fingerprint density at radius 1 is 1.50 bits per heavy atom. The molecule has 0 aliphatic rings. The second kappa shape index (κ2) is 3.56. The summed E-state index contributed by atoms with van der Waals surface area (Å²) in [5.74, 6) is 0.0683. The number of hydrogen-bond acceptors (Lipinski definition) is 2. The van der Waals surface area contributed by atoms with Gasteiger partial charge >= 0.3 is 0 Å². The summed E-state index contributed by atoms with van der Waals surface area (Å²) in [6.45, 7) is 6.91. The molecule has 0 aliphatic carbocycles. The van der Waals surface area contributed by atoms with Crippen molar-refractivity contribution in [2.45, 2.75) is 13.8 Å². The van der Waals surface area contributed by atoms with Gasteiger partial charge in [0.05, 0.1) is 5.75 Å². The summed E-state index contributed by atoms with van der Waals surface area (Å²) in [5.41, 5.74) is 1.01. The monoisotopic (exact) mass is 160 g/mol. The fourth-order valence-corrected chi connectivity index (χ4v) is 1.05. The van der Waals surface area contributed by atoms with E-state index in [9.17, 15) is 8.42 Å². The molecule has 0 fully saturated rings. The highest BCUT2D eigenvalue weighted by Crippen LogP contribution is 1.95. The Hall–Kier alpha value is -0.570. The Morgan fingerprint density at radius 3 is 2.30 bits per heavy atom. The van der Waals surface area contributed by atoms with Crippen molar-refractivity contribution < 1.29 is 8.42 Å². The largest absolute Gasteiger partial charge is 0.224 e. The van der Waals surface area contributed by atoms with E-state index in [1.807, 2.05) is 13.8 Å². The lowest BCUT2D eigenvalue weighted by atomic mass is 10.3. The molecule has 0 heterocycles. The smallest absolute Gasteiger partial charge is 0.174 e. The van der Waals surface area contributed by atoms with Gasteiger partial charge in [0.15, 0.2) is 9.84 Å². The highest BCUT2D eigenvalue weighted by Gasteiger charge is 1.99. The summed E-state index contributed by atoms with van der Waals surface area (Å²) < 4.78 is 21.5. The maximum absolute atomic E-state index is 10.7. The van der Waals surface area contributed by atoms with E-state index in [1.54, 1.807) is 6.08 Å². The van der Waals surface area contributed by atoms with Crippen LogP contribution in [0.4, 0.5) is 0 Å². The summed E-state index contributed by atoms with van der Waals surface area (Å²) in [4.78, 5) is 0. The van der Waals surface area contributed by atoms with Crippen molar-refractivity contribution in [3.8, 4) is 0 Å². The maximum Gasteiger partial charge on any atom is 0.174 e. The fourth-order valence-electron chi connectivity index (χ4n) is 0.351.